The number of benzene rings is 2. The Morgan fingerprint density at radius 2 is 2.00 bits per heavy atom. The van der Waals surface area contributed by atoms with E-state index in [4.69, 9.17) is 14.6 Å². The fraction of sp³-hybridized carbons (Fsp3) is 0.333. The molecule has 1 unspecified atom stereocenters. The zero-order valence-electron chi connectivity index (χ0n) is 15.5. The van der Waals surface area contributed by atoms with Crippen LogP contribution >= 0.6 is 0 Å². The van der Waals surface area contributed by atoms with Crippen molar-refractivity contribution in [2.45, 2.75) is 32.2 Å². The van der Waals surface area contributed by atoms with E-state index in [0.717, 1.165) is 30.4 Å². The van der Waals surface area contributed by atoms with Crippen LogP contribution in [0.4, 0.5) is 4.39 Å². The van der Waals surface area contributed by atoms with Gasteiger partial charge < -0.3 is 19.9 Å². The molecule has 0 bridgehead atoms. The molecule has 2 N–H and O–H groups in total. The Hall–Kier alpha value is -3.09. The minimum Gasteiger partial charge on any atom is -0.490 e. The van der Waals surface area contributed by atoms with Crippen LogP contribution in [0.25, 0.3) is 0 Å². The van der Waals surface area contributed by atoms with Crippen molar-refractivity contribution in [3.8, 4) is 11.5 Å². The molecule has 3 rings (SSSR count). The van der Waals surface area contributed by atoms with Crippen molar-refractivity contribution in [3.05, 3.63) is 58.9 Å². The average Bonchev–Trinajstić information content (AvgIpc) is 2.67. The van der Waals surface area contributed by atoms with Gasteiger partial charge in [-0.1, -0.05) is 6.07 Å². The van der Waals surface area contributed by atoms with E-state index in [0.29, 0.717) is 17.9 Å². The molecule has 6 nitrogen and oxygen atoms in total. The third kappa shape index (κ3) is 4.60. The Balaban J connectivity index is 1.77. The molecule has 1 aliphatic rings. The molecule has 2 aromatic carbocycles. The fourth-order valence-corrected chi connectivity index (χ4v) is 3.35. The number of carbonyl (C=O) groups is 2. The molecular weight excluding hydrogens is 365 g/mol. The van der Waals surface area contributed by atoms with E-state index in [1.807, 2.05) is 0 Å². The molecule has 0 saturated carbocycles. The molecule has 1 atom stereocenters. The summed E-state index contributed by atoms with van der Waals surface area (Å²) in [6.07, 6.45) is 2.44. The zero-order chi connectivity index (χ0) is 20.1. The first-order valence-electron chi connectivity index (χ1n) is 9.18. The highest BCUT2D eigenvalue weighted by atomic mass is 19.1. The second kappa shape index (κ2) is 8.73. The highest BCUT2D eigenvalue weighted by Gasteiger charge is 2.23. The quantitative estimate of drug-likeness (QED) is 0.760. The van der Waals surface area contributed by atoms with Gasteiger partial charge in [0.1, 0.15) is 5.82 Å². The van der Waals surface area contributed by atoms with Crippen molar-refractivity contribution in [2.75, 3.05) is 13.2 Å². The lowest BCUT2D eigenvalue weighted by atomic mass is 9.87. The smallest absolute Gasteiger partial charge is 0.341 e. The van der Waals surface area contributed by atoms with E-state index in [1.54, 1.807) is 19.1 Å². The molecule has 0 saturated heterocycles. The van der Waals surface area contributed by atoms with Crippen LogP contribution in [0.3, 0.4) is 0 Å². The van der Waals surface area contributed by atoms with Crippen molar-refractivity contribution < 1.29 is 28.6 Å². The molecule has 1 aliphatic carbocycles. The summed E-state index contributed by atoms with van der Waals surface area (Å²) in [6.45, 7) is 1.63. The second-order valence-corrected chi connectivity index (χ2v) is 6.54. The largest absolute Gasteiger partial charge is 0.490 e. The molecule has 2 aromatic rings. The summed E-state index contributed by atoms with van der Waals surface area (Å²) in [5.74, 6) is -1.09. The highest BCUT2D eigenvalue weighted by molar-refractivity contribution is 5.95. The Bertz CT molecular complexity index is 883. The van der Waals surface area contributed by atoms with Crippen LogP contribution in [-0.2, 0) is 11.2 Å². The van der Waals surface area contributed by atoms with Crippen LogP contribution in [0, 0.1) is 5.82 Å². The van der Waals surface area contributed by atoms with Crippen molar-refractivity contribution in [3.63, 3.8) is 0 Å². The molecule has 0 aliphatic heterocycles. The van der Waals surface area contributed by atoms with Gasteiger partial charge in [0.2, 0.25) is 0 Å². The number of amides is 1. The lowest BCUT2D eigenvalue weighted by molar-refractivity contribution is -0.139. The molecule has 1 amide bonds. The minimum atomic E-state index is -1.10. The second-order valence-electron chi connectivity index (χ2n) is 6.54. The van der Waals surface area contributed by atoms with Gasteiger partial charge in [-0.25, -0.2) is 9.18 Å². The number of hydrogen-bond acceptors (Lipinski definition) is 4. The number of aliphatic carboxylic acids is 1. The Morgan fingerprint density at radius 1 is 1.18 bits per heavy atom. The maximum Gasteiger partial charge on any atom is 0.341 e. The van der Waals surface area contributed by atoms with E-state index in [2.05, 4.69) is 5.32 Å². The molecule has 0 radical (unpaired) electrons. The number of carboxylic acids is 1. The minimum absolute atomic E-state index is 0.185. The lowest BCUT2D eigenvalue weighted by Gasteiger charge is -2.26. The summed E-state index contributed by atoms with van der Waals surface area (Å²) >= 11 is 0. The number of nitrogens with one attached hydrogen (secondary N) is 1. The normalized spacial score (nSPS) is 15.4. The number of carboxylic acid groups (broad SMARTS) is 1. The monoisotopic (exact) mass is 387 g/mol. The zero-order valence-corrected chi connectivity index (χ0v) is 15.5. The molecule has 0 aromatic heterocycles. The van der Waals surface area contributed by atoms with Gasteiger partial charge in [0.15, 0.2) is 18.1 Å². The van der Waals surface area contributed by atoms with Crippen LogP contribution in [0.15, 0.2) is 36.4 Å². The lowest BCUT2D eigenvalue weighted by Crippen LogP contribution is -2.31. The number of hydrogen-bond donors (Lipinski definition) is 2. The fourth-order valence-electron chi connectivity index (χ4n) is 3.35. The number of rotatable bonds is 7. The number of carbonyl (C=O) groups excluding carboxylic acids is 1. The molecule has 148 valence electrons. The third-order valence-electron chi connectivity index (χ3n) is 4.58. The van der Waals surface area contributed by atoms with Crippen LogP contribution in [0.2, 0.25) is 0 Å². The predicted octanol–water partition coefficient (Wildman–Crippen LogP) is 3.50. The average molecular weight is 387 g/mol. The van der Waals surface area contributed by atoms with Crippen molar-refractivity contribution >= 4 is 11.9 Å². The van der Waals surface area contributed by atoms with Crippen molar-refractivity contribution in [2.24, 2.45) is 0 Å². The van der Waals surface area contributed by atoms with Gasteiger partial charge in [0, 0.05) is 5.56 Å². The summed E-state index contributed by atoms with van der Waals surface area (Å²) < 4.78 is 24.1. The first kappa shape index (κ1) is 19.7. The van der Waals surface area contributed by atoms with E-state index in [1.165, 1.54) is 24.3 Å². The Kier molecular flexibility index (Phi) is 6.13. The molecule has 0 heterocycles. The summed E-state index contributed by atoms with van der Waals surface area (Å²) in [5.41, 5.74) is 2.23. The molecule has 28 heavy (non-hydrogen) atoms. The van der Waals surface area contributed by atoms with E-state index in [-0.39, 0.29) is 23.5 Å². The molecular formula is C21H22FNO5. The summed E-state index contributed by atoms with van der Waals surface area (Å²) in [6, 6.07) is 9.08. The van der Waals surface area contributed by atoms with Gasteiger partial charge in [-0.05, 0) is 67.6 Å². The van der Waals surface area contributed by atoms with Crippen LogP contribution in [-0.4, -0.2) is 30.2 Å². The molecule has 0 fully saturated rings. The number of ether oxygens (including phenoxy) is 2. The van der Waals surface area contributed by atoms with Crippen LogP contribution < -0.4 is 14.8 Å². The van der Waals surface area contributed by atoms with Gasteiger partial charge in [-0.2, -0.15) is 0 Å². The number of halogens is 1. The van der Waals surface area contributed by atoms with Gasteiger partial charge in [0.05, 0.1) is 12.6 Å². The maximum absolute atomic E-state index is 13.5. The summed E-state index contributed by atoms with van der Waals surface area (Å²) in [7, 11) is 0. The third-order valence-corrected chi connectivity index (χ3v) is 4.58. The first-order valence-corrected chi connectivity index (χ1v) is 9.18. The van der Waals surface area contributed by atoms with Gasteiger partial charge >= 0.3 is 5.97 Å². The van der Waals surface area contributed by atoms with Gasteiger partial charge in [-0.15, -0.1) is 0 Å². The van der Waals surface area contributed by atoms with Gasteiger partial charge in [-0.3, -0.25) is 4.79 Å². The topological polar surface area (TPSA) is 84.9 Å². The highest BCUT2D eigenvalue weighted by Crippen LogP contribution is 2.32. The maximum atomic E-state index is 13.5. The summed E-state index contributed by atoms with van der Waals surface area (Å²) in [4.78, 5) is 23.5. The molecule has 7 heteroatoms. The Morgan fingerprint density at radius 3 is 2.75 bits per heavy atom. The first-order chi connectivity index (χ1) is 13.5. The van der Waals surface area contributed by atoms with E-state index >= 15 is 0 Å². The van der Waals surface area contributed by atoms with Crippen LogP contribution in [0.5, 0.6) is 11.5 Å². The van der Waals surface area contributed by atoms with Gasteiger partial charge in [0.25, 0.3) is 5.91 Å². The van der Waals surface area contributed by atoms with E-state index < -0.39 is 12.6 Å². The van der Waals surface area contributed by atoms with Crippen molar-refractivity contribution in [1.29, 1.82) is 0 Å². The van der Waals surface area contributed by atoms with Crippen molar-refractivity contribution in [1.82, 2.24) is 5.32 Å². The number of fused-ring (bicyclic) bond motifs is 1. The number of aryl methyl sites for hydroxylation is 1. The summed E-state index contributed by atoms with van der Waals surface area (Å²) in [5, 5.41) is 11.8. The standard InChI is InChI=1S/C21H22FNO5/c1-2-27-19-11-14(6-9-18(19)28-12-20(24)25)21(26)23-17-5-3-4-13-10-15(22)7-8-16(13)17/h6-11,17H,2-5,12H2,1H3,(H,23,26)(H,24,25). The van der Waals surface area contributed by atoms with Crippen LogP contribution in [0.1, 0.15) is 47.3 Å². The van der Waals surface area contributed by atoms with E-state index in [9.17, 15) is 14.0 Å². The Labute approximate surface area is 162 Å². The molecule has 0 spiro atoms. The SMILES string of the molecule is CCOc1cc(C(=O)NC2CCCc3cc(F)ccc32)ccc1OCC(=O)O. The predicted molar refractivity (Wildman–Crippen MR) is 100 cm³/mol.